The Balaban J connectivity index is 2.23. The SMILES string of the molecule is CN(C(=O)c1ccc(-c2ccccc2)cn1)C(C)(C)C. The van der Waals surface area contributed by atoms with Crippen LogP contribution in [0.25, 0.3) is 11.1 Å². The van der Waals surface area contributed by atoms with E-state index in [4.69, 9.17) is 0 Å². The summed E-state index contributed by atoms with van der Waals surface area (Å²) in [4.78, 5) is 18.3. The molecule has 0 aliphatic rings. The van der Waals surface area contributed by atoms with Crippen molar-refractivity contribution in [3.63, 3.8) is 0 Å². The van der Waals surface area contributed by atoms with E-state index in [1.165, 1.54) is 0 Å². The monoisotopic (exact) mass is 268 g/mol. The first-order valence-electron chi connectivity index (χ1n) is 6.69. The van der Waals surface area contributed by atoms with E-state index in [0.717, 1.165) is 11.1 Å². The minimum absolute atomic E-state index is 0.0582. The van der Waals surface area contributed by atoms with Crippen LogP contribution < -0.4 is 0 Å². The number of hydrogen-bond acceptors (Lipinski definition) is 2. The Bertz CT molecular complexity index is 583. The van der Waals surface area contributed by atoms with Crippen molar-refractivity contribution < 1.29 is 4.79 Å². The lowest BCUT2D eigenvalue weighted by Crippen LogP contribution is -2.42. The van der Waals surface area contributed by atoms with Gasteiger partial charge in [-0.25, -0.2) is 0 Å². The van der Waals surface area contributed by atoms with Gasteiger partial charge in [0.15, 0.2) is 0 Å². The van der Waals surface area contributed by atoms with Crippen molar-refractivity contribution in [3.8, 4) is 11.1 Å². The van der Waals surface area contributed by atoms with E-state index in [1.54, 1.807) is 24.2 Å². The summed E-state index contributed by atoms with van der Waals surface area (Å²) in [6.45, 7) is 6.01. The second kappa shape index (κ2) is 5.45. The molecule has 104 valence electrons. The molecule has 0 aliphatic carbocycles. The molecule has 0 unspecified atom stereocenters. The zero-order valence-corrected chi connectivity index (χ0v) is 12.4. The molecule has 0 fully saturated rings. The molecule has 0 radical (unpaired) electrons. The second-order valence-corrected chi connectivity index (χ2v) is 5.83. The topological polar surface area (TPSA) is 33.2 Å². The molecule has 0 spiro atoms. The number of carbonyl (C=O) groups is 1. The Hall–Kier alpha value is -2.16. The van der Waals surface area contributed by atoms with Gasteiger partial charge in [0.25, 0.3) is 5.91 Å². The second-order valence-electron chi connectivity index (χ2n) is 5.83. The van der Waals surface area contributed by atoms with Crippen LogP contribution in [0.5, 0.6) is 0 Å². The Morgan fingerprint density at radius 3 is 2.15 bits per heavy atom. The number of rotatable bonds is 2. The molecule has 0 aliphatic heterocycles. The predicted molar refractivity (Wildman–Crippen MR) is 81.5 cm³/mol. The van der Waals surface area contributed by atoms with E-state index in [9.17, 15) is 4.79 Å². The van der Waals surface area contributed by atoms with Gasteiger partial charge in [0, 0.05) is 24.3 Å². The number of carbonyl (C=O) groups excluding carboxylic acids is 1. The van der Waals surface area contributed by atoms with Gasteiger partial charge in [-0.1, -0.05) is 36.4 Å². The summed E-state index contributed by atoms with van der Waals surface area (Å²) in [5, 5.41) is 0. The summed E-state index contributed by atoms with van der Waals surface area (Å²) < 4.78 is 0. The van der Waals surface area contributed by atoms with Gasteiger partial charge in [-0.15, -0.1) is 0 Å². The first kappa shape index (κ1) is 14.3. The van der Waals surface area contributed by atoms with Crippen molar-refractivity contribution in [3.05, 3.63) is 54.4 Å². The number of pyridine rings is 1. The number of benzene rings is 1. The molecular weight excluding hydrogens is 248 g/mol. The van der Waals surface area contributed by atoms with Crippen molar-refractivity contribution in [1.82, 2.24) is 9.88 Å². The fraction of sp³-hybridized carbons (Fsp3) is 0.294. The van der Waals surface area contributed by atoms with Crippen LogP contribution in [-0.2, 0) is 0 Å². The normalized spacial score (nSPS) is 11.2. The molecule has 1 aromatic heterocycles. The molecule has 2 rings (SSSR count). The molecule has 1 amide bonds. The Labute approximate surface area is 120 Å². The number of hydrogen-bond donors (Lipinski definition) is 0. The van der Waals surface area contributed by atoms with Crippen molar-refractivity contribution in [2.24, 2.45) is 0 Å². The van der Waals surface area contributed by atoms with Gasteiger partial charge >= 0.3 is 0 Å². The van der Waals surface area contributed by atoms with Crippen molar-refractivity contribution in [2.45, 2.75) is 26.3 Å². The van der Waals surface area contributed by atoms with Gasteiger partial charge in [0.1, 0.15) is 5.69 Å². The highest BCUT2D eigenvalue weighted by molar-refractivity contribution is 5.92. The van der Waals surface area contributed by atoms with Crippen molar-refractivity contribution in [2.75, 3.05) is 7.05 Å². The van der Waals surface area contributed by atoms with Gasteiger partial charge in [0.05, 0.1) is 0 Å². The summed E-state index contributed by atoms with van der Waals surface area (Å²) in [7, 11) is 1.80. The molecule has 0 N–H and O–H groups in total. The third kappa shape index (κ3) is 3.05. The Morgan fingerprint density at radius 1 is 1.00 bits per heavy atom. The average Bonchev–Trinajstić information content (AvgIpc) is 2.46. The van der Waals surface area contributed by atoms with Crippen LogP contribution in [-0.4, -0.2) is 28.4 Å². The van der Waals surface area contributed by atoms with Gasteiger partial charge in [-0.3, -0.25) is 9.78 Å². The maximum Gasteiger partial charge on any atom is 0.272 e. The van der Waals surface area contributed by atoms with E-state index in [-0.39, 0.29) is 11.4 Å². The largest absolute Gasteiger partial charge is 0.336 e. The average molecular weight is 268 g/mol. The summed E-state index contributed by atoms with van der Waals surface area (Å²) >= 11 is 0. The lowest BCUT2D eigenvalue weighted by molar-refractivity contribution is 0.0649. The van der Waals surface area contributed by atoms with Gasteiger partial charge in [-0.05, 0) is 32.4 Å². The van der Waals surface area contributed by atoms with Gasteiger partial charge in [0.2, 0.25) is 0 Å². The fourth-order valence-corrected chi connectivity index (χ4v) is 1.80. The zero-order valence-electron chi connectivity index (χ0n) is 12.4. The lowest BCUT2D eigenvalue weighted by Gasteiger charge is -2.31. The molecule has 0 bridgehead atoms. The molecule has 3 nitrogen and oxygen atoms in total. The Morgan fingerprint density at radius 2 is 1.65 bits per heavy atom. The van der Waals surface area contributed by atoms with Crippen molar-refractivity contribution in [1.29, 1.82) is 0 Å². The minimum atomic E-state index is -0.211. The molecule has 2 aromatic rings. The number of aromatic nitrogens is 1. The minimum Gasteiger partial charge on any atom is -0.336 e. The van der Waals surface area contributed by atoms with E-state index < -0.39 is 0 Å². The van der Waals surface area contributed by atoms with Gasteiger partial charge < -0.3 is 4.90 Å². The summed E-state index contributed by atoms with van der Waals surface area (Å²) in [6.07, 6.45) is 1.75. The van der Waals surface area contributed by atoms with Crippen molar-refractivity contribution >= 4 is 5.91 Å². The molecule has 3 heteroatoms. The van der Waals surface area contributed by atoms with E-state index in [1.807, 2.05) is 57.2 Å². The fourth-order valence-electron chi connectivity index (χ4n) is 1.80. The van der Waals surface area contributed by atoms with Gasteiger partial charge in [-0.2, -0.15) is 0 Å². The highest BCUT2D eigenvalue weighted by Gasteiger charge is 2.24. The maximum atomic E-state index is 12.3. The summed E-state index contributed by atoms with van der Waals surface area (Å²) in [6, 6.07) is 13.7. The standard InChI is InChI=1S/C17H20N2O/c1-17(2,3)19(4)16(20)15-11-10-14(12-18-15)13-8-6-5-7-9-13/h5-12H,1-4H3. The molecule has 0 saturated heterocycles. The molecule has 20 heavy (non-hydrogen) atoms. The number of nitrogens with zero attached hydrogens (tertiary/aromatic N) is 2. The van der Waals surface area contributed by atoms with Crippen LogP contribution in [0.2, 0.25) is 0 Å². The first-order valence-corrected chi connectivity index (χ1v) is 6.69. The highest BCUT2D eigenvalue weighted by atomic mass is 16.2. The van der Waals surface area contributed by atoms with Crippen LogP contribution in [0.15, 0.2) is 48.7 Å². The third-order valence-electron chi connectivity index (χ3n) is 3.40. The third-order valence-corrected chi connectivity index (χ3v) is 3.40. The van der Waals surface area contributed by atoms with Crippen LogP contribution in [0.1, 0.15) is 31.3 Å². The number of amides is 1. The highest BCUT2D eigenvalue weighted by Crippen LogP contribution is 2.19. The lowest BCUT2D eigenvalue weighted by atomic mass is 10.1. The smallest absolute Gasteiger partial charge is 0.272 e. The van der Waals surface area contributed by atoms with Crippen LogP contribution >= 0.6 is 0 Å². The summed E-state index contributed by atoms with van der Waals surface area (Å²) in [5.74, 6) is -0.0582. The molecule has 0 atom stereocenters. The van der Waals surface area contributed by atoms with Crippen LogP contribution in [0.3, 0.4) is 0 Å². The first-order chi connectivity index (χ1) is 9.39. The Kier molecular flexibility index (Phi) is 3.89. The molecule has 1 heterocycles. The predicted octanol–water partition coefficient (Wildman–Crippen LogP) is 3.62. The van der Waals surface area contributed by atoms with Crippen LogP contribution in [0, 0.1) is 0 Å². The molecular formula is C17H20N2O. The maximum absolute atomic E-state index is 12.3. The van der Waals surface area contributed by atoms with Crippen LogP contribution in [0.4, 0.5) is 0 Å². The van der Waals surface area contributed by atoms with E-state index in [2.05, 4.69) is 4.98 Å². The molecule has 1 aromatic carbocycles. The summed E-state index contributed by atoms with van der Waals surface area (Å²) in [5.41, 5.74) is 2.38. The quantitative estimate of drug-likeness (QED) is 0.833. The van der Waals surface area contributed by atoms with E-state index >= 15 is 0 Å². The zero-order chi connectivity index (χ0) is 14.8. The van der Waals surface area contributed by atoms with E-state index in [0.29, 0.717) is 5.69 Å². The molecule has 0 saturated carbocycles.